The molecule has 6 nitrogen and oxygen atoms in total. The summed E-state index contributed by atoms with van der Waals surface area (Å²) in [6.07, 6.45) is 2.81. The summed E-state index contributed by atoms with van der Waals surface area (Å²) < 4.78 is 0. The summed E-state index contributed by atoms with van der Waals surface area (Å²) in [5.74, 6) is 1.39. The Hall–Kier alpha value is -3.43. The van der Waals surface area contributed by atoms with E-state index in [4.69, 9.17) is 10.2 Å². The van der Waals surface area contributed by atoms with Crippen molar-refractivity contribution in [3.63, 3.8) is 0 Å². The van der Waals surface area contributed by atoms with Crippen LogP contribution in [0, 0.1) is 25.2 Å². The van der Waals surface area contributed by atoms with E-state index in [1.54, 1.807) is 0 Å². The van der Waals surface area contributed by atoms with Crippen LogP contribution in [0.5, 0.6) is 0 Å². The molecular weight excluding hydrogens is 434 g/mol. The summed E-state index contributed by atoms with van der Waals surface area (Å²) in [6.45, 7) is 8.82. The summed E-state index contributed by atoms with van der Waals surface area (Å²) in [5.41, 5.74) is 8.19. The van der Waals surface area contributed by atoms with Crippen molar-refractivity contribution >= 4 is 5.91 Å². The molecule has 3 heterocycles. The normalized spacial score (nSPS) is 18.8. The van der Waals surface area contributed by atoms with Crippen LogP contribution in [0.15, 0.2) is 36.4 Å². The lowest BCUT2D eigenvalue weighted by molar-refractivity contribution is 0.0712. The fourth-order valence-corrected chi connectivity index (χ4v) is 5.54. The number of rotatable bonds is 3. The van der Waals surface area contributed by atoms with E-state index in [2.05, 4.69) is 55.0 Å². The fraction of sp³-hybridized carbons (Fsp3) is 0.414. The number of aromatic nitrogens is 2. The lowest BCUT2D eigenvalue weighted by Crippen LogP contribution is -2.38. The number of hydrogen-bond donors (Lipinski definition) is 1. The van der Waals surface area contributed by atoms with E-state index in [-0.39, 0.29) is 5.91 Å². The number of fused-ring (bicyclic) bond motifs is 1. The van der Waals surface area contributed by atoms with E-state index in [9.17, 15) is 4.79 Å². The smallest absolute Gasteiger partial charge is 0.254 e. The van der Waals surface area contributed by atoms with Gasteiger partial charge in [0.05, 0.1) is 23.0 Å². The molecule has 1 fully saturated rings. The number of likely N-dealkylation sites (N-methyl/N-ethyl adjacent to an activating group) is 1. The number of aromatic amines is 1. The van der Waals surface area contributed by atoms with Crippen molar-refractivity contribution in [2.75, 3.05) is 26.7 Å². The Morgan fingerprint density at radius 1 is 1.09 bits per heavy atom. The highest BCUT2D eigenvalue weighted by molar-refractivity contribution is 5.97. The van der Waals surface area contributed by atoms with Crippen LogP contribution in [0.25, 0.3) is 11.4 Å². The summed E-state index contributed by atoms with van der Waals surface area (Å²) in [5, 5.41) is 9.04. The van der Waals surface area contributed by atoms with E-state index >= 15 is 0 Å². The van der Waals surface area contributed by atoms with Gasteiger partial charge in [0.15, 0.2) is 0 Å². The van der Waals surface area contributed by atoms with Crippen molar-refractivity contribution in [2.45, 2.75) is 52.0 Å². The zero-order chi connectivity index (χ0) is 24.7. The first-order valence-electron chi connectivity index (χ1n) is 12.6. The quantitative estimate of drug-likeness (QED) is 0.579. The minimum absolute atomic E-state index is 0.103. The Bertz CT molecular complexity index is 1290. The molecule has 1 N–H and O–H groups in total. The van der Waals surface area contributed by atoms with Crippen LogP contribution in [-0.4, -0.2) is 52.4 Å². The largest absolute Gasteiger partial charge is 0.340 e. The second-order valence-corrected chi connectivity index (χ2v) is 10.1. The Labute approximate surface area is 207 Å². The highest BCUT2D eigenvalue weighted by Gasteiger charge is 2.28. The fourth-order valence-electron chi connectivity index (χ4n) is 5.54. The van der Waals surface area contributed by atoms with Crippen molar-refractivity contribution in [3.05, 3.63) is 75.6 Å². The van der Waals surface area contributed by atoms with Crippen molar-refractivity contribution in [1.29, 1.82) is 5.26 Å². The number of imidazole rings is 1. The predicted molar refractivity (Wildman–Crippen MR) is 137 cm³/mol. The van der Waals surface area contributed by atoms with Crippen LogP contribution in [-0.2, 0) is 6.42 Å². The van der Waals surface area contributed by atoms with Gasteiger partial charge in [0.25, 0.3) is 5.91 Å². The first kappa shape index (κ1) is 23.3. The van der Waals surface area contributed by atoms with Gasteiger partial charge in [0.2, 0.25) is 0 Å². The van der Waals surface area contributed by atoms with Crippen molar-refractivity contribution in [1.82, 2.24) is 19.8 Å². The molecular formula is C29H33N5O. The van der Waals surface area contributed by atoms with Gasteiger partial charge in [-0.3, -0.25) is 9.69 Å². The van der Waals surface area contributed by atoms with Crippen LogP contribution in [0.3, 0.4) is 0 Å². The second kappa shape index (κ2) is 9.31. The van der Waals surface area contributed by atoms with Crippen molar-refractivity contribution in [3.8, 4) is 17.5 Å². The van der Waals surface area contributed by atoms with Crippen molar-refractivity contribution in [2.24, 2.45) is 0 Å². The molecule has 1 atom stereocenters. The van der Waals surface area contributed by atoms with Gasteiger partial charge in [-0.1, -0.05) is 18.2 Å². The molecule has 5 rings (SSSR count). The molecule has 0 saturated carbocycles. The highest BCUT2D eigenvalue weighted by Crippen LogP contribution is 2.33. The Morgan fingerprint density at radius 2 is 1.80 bits per heavy atom. The minimum Gasteiger partial charge on any atom is -0.340 e. The number of likely N-dealkylation sites (tertiary alicyclic amines) is 1. The number of aryl methyl sites for hydroxylation is 2. The van der Waals surface area contributed by atoms with Gasteiger partial charge in [0.1, 0.15) is 5.82 Å². The molecule has 0 spiro atoms. The summed E-state index contributed by atoms with van der Waals surface area (Å²) >= 11 is 0. The average molecular weight is 468 g/mol. The predicted octanol–water partition coefficient (Wildman–Crippen LogP) is 5.13. The van der Waals surface area contributed by atoms with Gasteiger partial charge in [-0.15, -0.1) is 0 Å². The standard InChI is InChI=1S/C29H33N5O/c1-18-15-19(2)25(16-24(18)28-31-26-11-12-33(4)20(3)27(26)32-28)29(35)34-13-9-23(10-14-34)22-7-5-21(17-30)6-8-22/h5-8,15-16,20,23H,9-14H2,1-4H3,(H,31,32)/t20-/m0/s1. The monoisotopic (exact) mass is 467 g/mol. The third-order valence-corrected chi connectivity index (χ3v) is 7.94. The minimum atomic E-state index is 0.103. The number of nitrogens with one attached hydrogen (secondary N) is 1. The van der Waals surface area contributed by atoms with Gasteiger partial charge in [-0.25, -0.2) is 4.98 Å². The molecule has 0 aliphatic carbocycles. The Morgan fingerprint density at radius 3 is 2.49 bits per heavy atom. The maximum Gasteiger partial charge on any atom is 0.254 e. The number of H-pyrrole nitrogens is 1. The maximum absolute atomic E-state index is 13.6. The lowest BCUT2D eigenvalue weighted by Gasteiger charge is -2.32. The number of piperidine rings is 1. The van der Waals surface area contributed by atoms with Crippen LogP contribution in [0.2, 0.25) is 0 Å². The molecule has 1 aromatic heterocycles. The zero-order valence-corrected chi connectivity index (χ0v) is 21.1. The number of nitriles is 1. The van der Waals surface area contributed by atoms with Crippen LogP contribution < -0.4 is 0 Å². The summed E-state index contributed by atoms with van der Waals surface area (Å²) in [4.78, 5) is 26.4. The number of carbonyl (C=O) groups is 1. The number of carbonyl (C=O) groups excluding carboxylic acids is 1. The molecule has 180 valence electrons. The van der Waals surface area contributed by atoms with E-state index < -0.39 is 0 Å². The number of amides is 1. The third kappa shape index (κ3) is 4.37. The topological polar surface area (TPSA) is 76.0 Å². The van der Waals surface area contributed by atoms with Gasteiger partial charge >= 0.3 is 0 Å². The van der Waals surface area contributed by atoms with Crippen LogP contribution in [0.1, 0.15) is 75.7 Å². The number of benzene rings is 2. The van der Waals surface area contributed by atoms with Crippen LogP contribution >= 0.6 is 0 Å². The average Bonchev–Trinajstić information content (AvgIpc) is 3.31. The van der Waals surface area contributed by atoms with Gasteiger partial charge in [0, 0.05) is 43.2 Å². The lowest BCUT2D eigenvalue weighted by atomic mass is 9.88. The zero-order valence-electron chi connectivity index (χ0n) is 21.1. The molecule has 35 heavy (non-hydrogen) atoms. The first-order chi connectivity index (χ1) is 16.9. The maximum atomic E-state index is 13.6. The van der Waals surface area contributed by atoms with E-state index in [0.29, 0.717) is 17.5 Å². The molecule has 6 heteroatoms. The molecule has 0 radical (unpaired) electrons. The van der Waals surface area contributed by atoms with Gasteiger partial charge in [-0.2, -0.15) is 5.26 Å². The van der Waals surface area contributed by atoms with E-state index in [1.165, 1.54) is 11.3 Å². The van der Waals surface area contributed by atoms with E-state index in [1.807, 2.05) is 30.0 Å². The van der Waals surface area contributed by atoms with E-state index in [0.717, 1.165) is 72.7 Å². The number of nitrogens with zero attached hydrogens (tertiary/aromatic N) is 4. The second-order valence-electron chi connectivity index (χ2n) is 10.1. The molecule has 2 aliphatic heterocycles. The van der Waals surface area contributed by atoms with Gasteiger partial charge < -0.3 is 9.88 Å². The molecule has 1 amide bonds. The van der Waals surface area contributed by atoms with Gasteiger partial charge in [-0.05, 0) is 81.5 Å². The Balaban J connectivity index is 1.35. The summed E-state index contributed by atoms with van der Waals surface area (Å²) in [7, 11) is 2.15. The molecule has 3 aromatic rings. The third-order valence-electron chi connectivity index (χ3n) is 7.94. The molecule has 2 aliphatic rings. The molecule has 2 aromatic carbocycles. The molecule has 0 unspecified atom stereocenters. The summed E-state index contributed by atoms with van der Waals surface area (Å²) in [6, 6.07) is 14.5. The number of hydrogen-bond acceptors (Lipinski definition) is 4. The highest BCUT2D eigenvalue weighted by atomic mass is 16.2. The molecule has 0 bridgehead atoms. The Kier molecular flexibility index (Phi) is 6.21. The van der Waals surface area contributed by atoms with Crippen LogP contribution in [0.4, 0.5) is 0 Å². The first-order valence-corrected chi connectivity index (χ1v) is 12.6. The molecule has 1 saturated heterocycles. The van der Waals surface area contributed by atoms with Crippen molar-refractivity contribution < 1.29 is 4.79 Å². The SMILES string of the molecule is Cc1cc(C)c(-c2nc3c([nH]2)[C@H](C)N(C)CC3)cc1C(=O)N1CCC(c2ccc(C#N)cc2)CC1.